The van der Waals surface area contributed by atoms with Gasteiger partial charge in [-0.1, -0.05) is 28.1 Å². The topological polar surface area (TPSA) is 35.1 Å². The molecule has 1 aliphatic heterocycles. The summed E-state index contributed by atoms with van der Waals surface area (Å²) in [5.41, 5.74) is 3.98. The van der Waals surface area contributed by atoms with Gasteiger partial charge < -0.3 is 14.8 Å². The van der Waals surface area contributed by atoms with Crippen LogP contribution in [0.15, 0.2) is 40.9 Å². The number of ether oxygens (including phenoxy) is 2. The first kappa shape index (κ1) is 14.4. The third-order valence-corrected chi connectivity index (χ3v) is 4.55. The molecular formula is C17H19BrNO2+. The molecule has 21 heavy (non-hydrogen) atoms. The SMILES string of the molecule is COc1cc2c(cc1OC)[C@H](c1ccc(Br)cc1)[NH2+]CC2. The Morgan fingerprint density at radius 1 is 1.05 bits per heavy atom. The lowest BCUT2D eigenvalue weighted by atomic mass is 9.89. The van der Waals surface area contributed by atoms with Gasteiger partial charge in [-0.05, 0) is 29.8 Å². The van der Waals surface area contributed by atoms with E-state index in [4.69, 9.17) is 9.47 Å². The summed E-state index contributed by atoms with van der Waals surface area (Å²) in [4.78, 5) is 0. The van der Waals surface area contributed by atoms with Crippen molar-refractivity contribution in [2.24, 2.45) is 0 Å². The highest BCUT2D eigenvalue weighted by molar-refractivity contribution is 9.10. The summed E-state index contributed by atoms with van der Waals surface area (Å²) in [6, 6.07) is 13.1. The second-order valence-electron chi connectivity index (χ2n) is 5.21. The normalized spacial score (nSPS) is 17.2. The monoisotopic (exact) mass is 348 g/mol. The fourth-order valence-electron chi connectivity index (χ4n) is 2.96. The van der Waals surface area contributed by atoms with Crippen LogP contribution < -0.4 is 14.8 Å². The number of halogens is 1. The molecule has 2 aromatic rings. The highest BCUT2D eigenvalue weighted by Crippen LogP contribution is 2.35. The standard InChI is InChI=1S/C17H18BrNO2/c1-20-15-9-12-7-8-19-17(14(12)10-16(15)21-2)11-3-5-13(18)6-4-11/h3-6,9-10,17,19H,7-8H2,1-2H3/p+1/t17-/m0/s1. The smallest absolute Gasteiger partial charge is 0.161 e. The molecule has 0 radical (unpaired) electrons. The van der Waals surface area contributed by atoms with Crippen molar-refractivity contribution < 1.29 is 14.8 Å². The van der Waals surface area contributed by atoms with Gasteiger partial charge in [-0.15, -0.1) is 0 Å². The number of hydrogen-bond acceptors (Lipinski definition) is 2. The predicted molar refractivity (Wildman–Crippen MR) is 86.0 cm³/mol. The van der Waals surface area contributed by atoms with Crippen LogP contribution in [-0.4, -0.2) is 20.8 Å². The van der Waals surface area contributed by atoms with Crippen molar-refractivity contribution in [2.75, 3.05) is 20.8 Å². The van der Waals surface area contributed by atoms with Crippen LogP contribution in [0, 0.1) is 0 Å². The summed E-state index contributed by atoms with van der Waals surface area (Å²) in [5, 5.41) is 2.39. The molecule has 3 rings (SSSR count). The van der Waals surface area contributed by atoms with Gasteiger partial charge >= 0.3 is 0 Å². The number of hydrogen-bond donors (Lipinski definition) is 1. The largest absolute Gasteiger partial charge is 0.493 e. The Balaban J connectivity index is 2.06. The maximum absolute atomic E-state index is 5.46. The fourth-order valence-corrected chi connectivity index (χ4v) is 3.23. The summed E-state index contributed by atoms with van der Waals surface area (Å²) in [7, 11) is 3.37. The lowest BCUT2D eigenvalue weighted by Crippen LogP contribution is -2.87. The molecule has 110 valence electrons. The highest BCUT2D eigenvalue weighted by atomic mass is 79.9. The van der Waals surface area contributed by atoms with E-state index in [-0.39, 0.29) is 0 Å². The van der Waals surface area contributed by atoms with Crippen molar-refractivity contribution in [1.29, 1.82) is 0 Å². The maximum Gasteiger partial charge on any atom is 0.161 e. The van der Waals surface area contributed by atoms with E-state index in [0.29, 0.717) is 6.04 Å². The zero-order valence-corrected chi connectivity index (χ0v) is 13.8. The predicted octanol–water partition coefficient (Wildman–Crippen LogP) is 2.68. The molecule has 0 bridgehead atoms. The van der Waals surface area contributed by atoms with Crippen LogP contribution in [-0.2, 0) is 6.42 Å². The minimum absolute atomic E-state index is 0.321. The molecule has 0 aliphatic carbocycles. The van der Waals surface area contributed by atoms with Gasteiger partial charge in [-0.25, -0.2) is 0 Å². The summed E-state index contributed by atoms with van der Waals surface area (Å²) >= 11 is 3.50. The molecule has 0 amide bonds. The zero-order valence-electron chi connectivity index (χ0n) is 12.2. The van der Waals surface area contributed by atoms with Crippen molar-refractivity contribution >= 4 is 15.9 Å². The molecule has 0 saturated carbocycles. The Bertz CT molecular complexity index is 640. The first-order valence-corrected chi connectivity index (χ1v) is 7.86. The average Bonchev–Trinajstić information content (AvgIpc) is 2.53. The molecule has 4 heteroatoms. The van der Waals surface area contributed by atoms with Gasteiger partial charge in [0, 0.05) is 22.0 Å². The van der Waals surface area contributed by atoms with Crippen LogP contribution in [0.25, 0.3) is 0 Å². The van der Waals surface area contributed by atoms with E-state index in [0.717, 1.165) is 28.9 Å². The molecule has 0 aromatic heterocycles. The number of nitrogens with two attached hydrogens (primary N) is 1. The van der Waals surface area contributed by atoms with Crippen LogP contribution in [0.3, 0.4) is 0 Å². The van der Waals surface area contributed by atoms with Gasteiger partial charge in [-0.2, -0.15) is 0 Å². The quantitative estimate of drug-likeness (QED) is 0.925. The van der Waals surface area contributed by atoms with Gasteiger partial charge in [0.15, 0.2) is 11.5 Å². The molecule has 2 aromatic carbocycles. The molecule has 0 saturated heterocycles. The van der Waals surface area contributed by atoms with E-state index in [9.17, 15) is 0 Å². The molecule has 1 atom stereocenters. The second-order valence-corrected chi connectivity index (χ2v) is 6.13. The summed E-state index contributed by atoms with van der Waals surface area (Å²) in [5.74, 6) is 1.61. The fraction of sp³-hybridized carbons (Fsp3) is 0.294. The van der Waals surface area contributed by atoms with E-state index in [1.165, 1.54) is 16.7 Å². The molecule has 1 heterocycles. The lowest BCUT2D eigenvalue weighted by molar-refractivity contribution is -0.690. The molecule has 0 unspecified atom stereocenters. The van der Waals surface area contributed by atoms with Gasteiger partial charge in [0.1, 0.15) is 6.04 Å². The first-order valence-electron chi connectivity index (χ1n) is 7.06. The second kappa shape index (κ2) is 6.08. The molecule has 2 N–H and O–H groups in total. The molecular weight excluding hydrogens is 330 g/mol. The molecule has 0 fully saturated rings. The number of rotatable bonds is 3. The lowest BCUT2D eigenvalue weighted by Gasteiger charge is -2.25. The van der Waals surface area contributed by atoms with Crippen molar-refractivity contribution in [3.05, 3.63) is 57.6 Å². The van der Waals surface area contributed by atoms with Crippen LogP contribution in [0.2, 0.25) is 0 Å². The van der Waals surface area contributed by atoms with Crippen molar-refractivity contribution in [3.8, 4) is 11.5 Å². The molecule has 3 nitrogen and oxygen atoms in total. The maximum atomic E-state index is 5.46. The Morgan fingerprint density at radius 3 is 2.38 bits per heavy atom. The summed E-state index contributed by atoms with van der Waals surface area (Å²) in [6.45, 7) is 1.09. The van der Waals surface area contributed by atoms with Crippen LogP contribution in [0.5, 0.6) is 11.5 Å². The van der Waals surface area contributed by atoms with Crippen molar-refractivity contribution in [1.82, 2.24) is 0 Å². The van der Waals surface area contributed by atoms with E-state index < -0.39 is 0 Å². The van der Waals surface area contributed by atoms with Gasteiger partial charge in [-0.3, -0.25) is 0 Å². The van der Waals surface area contributed by atoms with Crippen LogP contribution in [0.4, 0.5) is 0 Å². The molecule has 0 spiro atoms. The Labute approximate surface area is 133 Å². The number of fused-ring (bicyclic) bond motifs is 1. The average molecular weight is 349 g/mol. The third kappa shape index (κ3) is 2.78. The Hall–Kier alpha value is -1.52. The van der Waals surface area contributed by atoms with E-state index in [1.54, 1.807) is 14.2 Å². The van der Waals surface area contributed by atoms with Gasteiger partial charge in [0.2, 0.25) is 0 Å². The first-order chi connectivity index (χ1) is 10.2. The Kier molecular flexibility index (Phi) is 4.17. The Morgan fingerprint density at radius 2 is 1.71 bits per heavy atom. The van der Waals surface area contributed by atoms with Gasteiger partial charge in [0.25, 0.3) is 0 Å². The highest BCUT2D eigenvalue weighted by Gasteiger charge is 2.26. The minimum atomic E-state index is 0.321. The van der Waals surface area contributed by atoms with Crippen LogP contribution >= 0.6 is 15.9 Å². The number of benzene rings is 2. The van der Waals surface area contributed by atoms with E-state index >= 15 is 0 Å². The van der Waals surface area contributed by atoms with E-state index in [1.807, 2.05) is 0 Å². The zero-order chi connectivity index (χ0) is 14.8. The molecule has 1 aliphatic rings. The van der Waals surface area contributed by atoms with E-state index in [2.05, 4.69) is 57.6 Å². The summed E-state index contributed by atoms with van der Waals surface area (Å²) < 4.78 is 12.0. The van der Waals surface area contributed by atoms with Crippen molar-refractivity contribution in [2.45, 2.75) is 12.5 Å². The van der Waals surface area contributed by atoms with Gasteiger partial charge in [0.05, 0.1) is 20.8 Å². The van der Waals surface area contributed by atoms with Crippen molar-refractivity contribution in [3.63, 3.8) is 0 Å². The minimum Gasteiger partial charge on any atom is -0.493 e. The third-order valence-electron chi connectivity index (χ3n) is 4.03. The summed E-state index contributed by atoms with van der Waals surface area (Å²) in [6.07, 6.45) is 1.06. The van der Waals surface area contributed by atoms with Crippen LogP contribution in [0.1, 0.15) is 22.7 Å². The number of methoxy groups -OCH3 is 2. The number of quaternary nitrogens is 1.